The molecule has 0 radical (unpaired) electrons. The van der Waals surface area contributed by atoms with Gasteiger partial charge in [-0.3, -0.25) is 4.40 Å². The number of rotatable bonds is 2. The van der Waals surface area contributed by atoms with Gasteiger partial charge in [0, 0.05) is 18.0 Å². The molecule has 2 N–H and O–H groups in total. The fourth-order valence-electron chi connectivity index (χ4n) is 1.92. The van der Waals surface area contributed by atoms with Crippen molar-refractivity contribution >= 4 is 36.3 Å². The predicted octanol–water partition coefficient (Wildman–Crippen LogP) is 2.83. The van der Waals surface area contributed by atoms with Crippen molar-refractivity contribution in [2.24, 2.45) is 0 Å². The third-order valence-electron chi connectivity index (χ3n) is 2.79. The van der Waals surface area contributed by atoms with Crippen molar-refractivity contribution in [3.05, 3.63) is 42.7 Å². The lowest BCUT2D eigenvalue weighted by Crippen LogP contribution is -1.96. The molecule has 0 atom stereocenters. The van der Waals surface area contributed by atoms with Gasteiger partial charge in [0.1, 0.15) is 11.5 Å². The van der Waals surface area contributed by atoms with Gasteiger partial charge < -0.3 is 10.5 Å². The molecule has 0 saturated carbocycles. The number of benzene rings is 1. The summed E-state index contributed by atoms with van der Waals surface area (Å²) in [5.74, 6) is 1.04. The lowest BCUT2D eigenvalue weighted by molar-refractivity contribution is 0.400. The maximum absolute atomic E-state index is 6.11. The van der Waals surface area contributed by atoms with Crippen LogP contribution in [-0.2, 0) is 0 Å². The Hall–Kier alpha value is -1.98. The molecule has 5 nitrogen and oxygen atoms in total. The number of halogens is 2. The lowest BCUT2D eigenvalue weighted by atomic mass is 10.1. The summed E-state index contributed by atoms with van der Waals surface area (Å²) in [5.41, 5.74) is 8.44. The molecular weight excluding hydrogens is 299 g/mol. The topological polar surface area (TPSA) is 65.4 Å². The van der Waals surface area contributed by atoms with Crippen molar-refractivity contribution in [2.75, 3.05) is 12.8 Å². The minimum atomic E-state index is 0. The van der Waals surface area contributed by atoms with Gasteiger partial charge in [0.25, 0.3) is 5.88 Å². The van der Waals surface area contributed by atoms with E-state index in [0.717, 1.165) is 11.3 Å². The van der Waals surface area contributed by atoms with E-state index in [1.807, 2.05) is 30.3 Å². The van der Waals surface area contributed by atoms with Crippen LogP contribution in [0.5, 0.6) is 5.88 Å². The second kappa shape index (κ2) is 6.45. The quantitative estimate of drug-likeness (QED) is 0.790. The summed E-state index contributed by atoms with van der Waals surface area (Å²) < 4.78 is 6.95. The van der Waals surface area contributed by atoms with Gasteiger partial charge in [0.15, 0.2) is 0 Å². The monoisotopic (exact) mass is 312 g/mol. The van der Waals surface area contributed by atoms with E-state index in [4.69, 9.17) is 10.5 Å². The Labute approximate surface area is 128 Å². The zero-order valence-corrected chi connectivity index (χ0v) is 12.3. The van der Waals surface area contributed by atoms with Crippen LogP contribution in [0.4, 0.5) is 5.82 Å². The van der Waals surface area contributed by atoms with E-state index in [9.17, 15) is 0 Å². The van der Waals surface area contributed by atoms with E-state index in [0.29, 0.717) is 17.3 Å². The highest BCUT2D eigenvalue weighted by Crippen LogP contribution is 2.28. The van der Waals surface area contributed by atoms with Gasteiger partial charge in [0.05, 0.1) is 7.11 Å². The minimum Gasteiger partial charge on any atom is -0.478 e. The zero-order valence-electron chi connectivity index (χ0n) is 10.7. The molecule has 0 saturated heterocycles. The number of hydrogen-bond donors (Lipinski definition) is 1. The van der Waals surface area contributed by atoms with Crippen LogP contribution in [0.2, 0.25) is 0 Å². The molecule has 2 heterocycles. The first-order chi connectivity index (χ1) is 8.81. The maximum Gasteiger partial charge on any atom is 0.258 e. The Morgan fingerprint density at radius 3 is 2.50 bits per heavy atom. The van der Waals surface area contributed by atoms with Crippen molar-refractivity contribution in [2.45, 2.75) is 0 Å². The molecule has 106 valence electrons. The van der Waals surface area contributed by atoms with Crippen LogP contribution in [0.25, 0.3) is 16.9 Å². The van der Waals surface area contributed by atoms with Crippen LogP contribution >= 0.6 is 24.8 Å². The van der Waals surface area contributed by atoms with Crippen LogP contribution in [-0.4, -0.2) is 21.5 Å². The average Bonchev–Trinajstić information content (AvgIpc) is 2.77. The molecule has 0 amide bonds. The standard InChI is InChI=1S/C13H12N4O.2ClH/c1-18-13-12-16-10(9-5-3-2-4-6-9)11(14)17(12)8-7-15-13;;/h2-8H,14H2,1H3;2*1H. The van der Waals surface area contributed by atoms with Crippen LogP contribution < -0.4 is 10.5 Å². The number of nitrogens with two attached hydrogens (primary N) is 1. The van der Waals surface area contributed by atoms with Gasteiger partial charge in [-0.05, 0) is 0 Å². The van der Waals surface area contributed by atoms with Crippen molar-refractivity contribution in [3.63, 3.8) is 0 Å². The Morgan fingerprint density at radius 2 is 1.85 bits per heavy atom. The molecule has 0 aliphatic carbocycles. The Kier molecular flexibility index (Phi) is 5.19. The van der Waals surface area contributed by atoms with Crippen molar-refractivity contribution in [1.82, 2.24) is 14.4 Å². The zero-order chi connectivity index (χ0) is 12.5. The third-order valence-corrected chi connectivity index (χ3v) is 2.79. The summed E-state index contributed by atoms with van der Waals surface area (Å²) in [7, 11) is 1.56. The van der Waals surface area contributed by atoms with Crippen molar-refractivity contribution in [1.29, 1.82) is 0 Å². The summed E-state index contributed by atoms with van der Waals surface area (Å²) in [4.78, 5) is 8.62. The highest BCUT2D eigenvalue weighted by molar-refractivity contribution is 5.85. The van der Waals surface area contributed by atoms with E-state index >= 15 is 0 Å². The largest absolute Gasteiger partial charge is 0.478 e. The summed E-state index contributed by atoms with van der Waals surface area (Å²) >= 11 is 0. The molecule has 0 fully saturated rings. The Balaban J connectivity index is 0.000001000. The highest BCUT2D eigenvalue weighted by atomic mass is 35.5. The van der Waals surface area contributed by atoms with Crippen molar-refractivity contribution < 1.29 is 4.74 Å². The van der Waals surface area contributed by atoms with E-state index < -0.39 is 0 Å². The number of ether oxygens (including phenoxy) is 1. The molecule has 2 aromatic heterocycles. The third kappa shape index (κ3) is 2.50. The number of hydrogen-bond acceptors (Lipinski definition) is 4. The number of aromatic nitrogens is 3. The first-order valence-electron chi connectivity index (χ1n) is 5.53. The highest BCUT2D eigenvalue weighted by Gasteiger charge is 2.14. The number of methoxy groups -OCH3 is 1. The van der Waals surface area contributed by atoms with Crippen LogP contribution in [0, 0.1) is 0 Å². The van der Waals surface area contributed by atoms with E-state index in [1.165, 1.54) is 0 Å². The van der Waals surface area contributed by atoms with Gasteiger partial charge in [-0.1, -0.05) is 30.3 Å². The number of fused-ring (bicyclic) bond motifs is 1. The fourth-order valence-corrected chi connectivity index (χ4v) is 1.92. The van der Waals surface area contributed by atoms with Gasteiger partial charge in [-0.2, -0.15) is 0 Å². The molecule has 0 unspecified atom stereocenters. The minimum absolute atomic E-state index is 0. The number of nitrogen functional groups attached to an aromatic ring is 1. The second-order valence-electron chi connectivity index (χ2n) is 3.84. The lowest BCUT2D eigenvalue weighted by Gasteiger charge is -2.00. The summed E-state index contributed by atoms with van der Waals surface area (Å²) in [6.07, 6.45) is 3.41. The second-order valence-corrected chi connectivity index (χ2v) is 3.84. The summed E-state index contributed by atoms with van der Waals surface area (Å²) in [6, 6.07) is 9.80. The number of anilines is 1. The first kappa shape index (κ1) is 16.1. The molecule has 0 bridgehead atoms. The molecule has 3 aromatic rings. The maximum atomic E-state index is 6.11. The van der Waals surface area contributed by atoms with Gasteiger partial charge >= 0.3 is 0 Å². The van der Waals surface area contributed by atoms with Crippen LogP contribution in [0.15, 0.2) is 42.7 Å². The smallest absolute Gasteiger partial charge is 0.258 e. The van der Waals surface area contributed by atoms with Crippen molar-refractivity contribution in [3.8, 4) is 17.1 Å². The van der Waals surface area contributed by atoms with E-state index in [-0.39, 0.29) is 24.8 Å². The van der Waals surface area contributed by atoms with Gasteiger partial charge in [-0.15, -0.1) is 24.8 Å². The normalized spacial score (nSPS) is 9.65. The van der Waals surface area contributed by atoms with E-state index in [1.54, 1.807) is 23.9 Å². The molecule has 3 rings (SSSR count). The van der Waals surface area contributed by atoms with Gasteiger partial charge in [-0.25, -0.2) is 9.97 Å². The molecule has 0 aliphatic rings. The van der Waals surface area contributed by atoms with Gasteiger partial charge in [0.2, 0.25) is 5.65 Å². The molecule has 0 spiro atoms. The SMILES string of the molecule is COc1nccn2c(N)c(-c3ccccc3)nc12.Cl.Cl. The molecule has 1 aromatic carbocycles. The Morgan fingerprint density at radius 1 is 1.15 bits per heavy atom. The molecular formula is C13H14Cl2N4O. The molecule has 7 heteroatoms. The fraction of sp³-hybridized carbons (Fsp3) is 0.0769. The van der Waals surface area contributed by atoms with Crippen LogP contribution in [0.1, 0.15) is 0 Å². The predicted molar refractivity (Wildman–Crippen MR) is 83.9 cm³/mol. The van der Waals surface area contributed by atoms with Crippen LogP contribution in [0.3, 0.4) is 0 Å². The summed E-state index contributed by atoms with van der Waals surface area (Å²) in [5, 5.41) is 0. The first-order valence-corrected chi connectivity index (χ1v) is 5.53. The number of nitrogens with zero attached hydrogens (tertiary/aromatic N) is 3. The molecule has 0 aliphatic heterocycles. The Bertz CT molecular complexity index is 700. The average molecular weight is 313 g/mol. The van der Waals surface area contributed by atoms with E-state index in [2.05, 4.69) is 9.97 Å². The summed E-state index contributed by atoms with van der Waals surface area (Å²) in [6.45, 7) is 0. The number of imidazole rings is 1. The molecule has 20 heavy (non-hydrogen) atoms.